The second-order valence-corrected chi connectivity index (χ2v) is 6.66. The van der Waals surface area contributed by atoms with E-state index in [1.54, 1.807) is 0 Å². The van der Waals surface area contributed by atoms with E-state index in [4.69, 9.17) is 4.74 Å². The average Bonchev–Trinajstić information content (AvgIpc) is 2.25. The van der Waals surface area contributed by atoms with Gasteiger partial charge in [-0.1, -0.05) is 15.9 Å². The molecule has 0 aromatic heterocycles. The van der Waals surface area contributed by atoms with Crippen molar-refractivity contribution in [1.29, 1.82) is 0 Å². The Morgan fingerprint density at radius 1 is 1.24 bits per heavy atom. The number of ether oxygens (including phenoxy) is 1. The number of hydrogen-bond donors (Lipinski definition) is 1. The molecule has 0 spiro atoms. The van der Waals surface area contributed by atoms with Gasteiger partial charge in [0.2, 0.25) is 0 Å². The Morgan fingerprint density at radius 3 is 2.24 bits per heavy atom. The van der Waals surface area contributed by atoms with Gasteiger partial charge in [-0.2, -0.15) is 0 Å². The van der Waals surface area contributed by atoms with Crippen LogP contribution in [0.5, 0.6) is 0 Å². The highest BCUT2D eigenvalue weighted by Crippen LogP contribution is 2.29. The van der Waals surface area contributed by atoms with Gasteiger partial charge in [-0.05, 0) is 58.3 Å². The average molecular weight is 306 g/mol. The van der Waals surface area contributed by atoms with Crippen molar-refractivity contribution in [3.8, 4) is 0 Å². The Bertz CT molecular complexity index is 242. The number of carbonyl (C=O) groups excluding carboxylic acids is 1. The molecule has 1 N–H and O–H groups in total. The van der Waals surface area contributed by atoms with Gasteiger partial charge < -0.3 is 10.1 Å². The number of rotatable bonds is 3. The molecule has 0 unspecified atom stereocenters. The number of amides is 1. The number of nitrogens with one attached hydrogen (secondary N) is 1. The van der Waals surface area contributed by atoms with E-state index < -0.39 is 0 Å². The Morgan fingerprint density at radius 2 is 1.76 bits per heavy atom. The summed E-state index contributed by atoms with van der Waals surface area (Å²) in [6.07, 6.45) is 4.57. The molecule has 0 heterocycles. The molecule has 1 aliphatic rings. The fourth-order valence-corrected chi connectivity index (χ4v) is 2.74. The smallest absolute Gasteiger partial charge is 0.407 e. The summed E-state index contributed by atoms with van der Waals surface area (Å²) in [7, 11) is 0. The lowest BCUT2D eigenvalue weighted by atomic mass is 9.83. The van der Waals surface area contributed by atoms with E-state index in [1.807, 2.05) is 20.8 Å². The second kappa shape index (κ2) is 6.62. The van der Waals surface area contributed by atoms with E-state index in [0.29, 0.717) is 12.5 Å². The fourth-order valence-electron chi connectivity index (χ4n) is 2.09. The topological polar surface area (TPSA) is 38.3 Å². The summed E-state index contributed by atoms with van der Waals surface area (Å²) in [6.45, 7) is 6.43. The van der Waals surface area contributed by atoms with Gasteiger partial charge in [0, 0.05) is 10.9 Å². The third-order valence-corrected chi connectivity index (χ3v) is 4.03. The molecule has 1 rings (SSSR count). The van der Waals surface area contributed by atoms with Crippen LogP contribution in [0, 0.1) is 11.8 Å². The van der Waals surface area contributed by atoms with Gasteiger partial charge >= 0.3 is 6.09 Å². The number of alkyl halides is 1. The molecule has 0 aliphatic heterocycles. The van der Waals surface area contributed by atoms with Crippen LogP contribution in [0.1, 0.15) is 46.5 Å². The molecule has 1 saturated carbocycles. The highest BCUT2D eigenvalue weighted by molar-refractivity contribution is 9.09. The Labute approximate surface area is 113 Å². The van der Waals surface area contributed by atoms with Gasteiger partial charge in [0.15, 0.2) is 0 Å². The molecule has 1 aliphatic carbocycles. The van der Waals surface area contributed by atoms with Crippen molar-refractivity contribution >= 4 is 22.0 Å². The minimum absolute atomic E-state index is 0.218. The molecule has 0 bridgehead atoms. The molecule has 3 nitrogen and oxygen atoms in total. The lowest BCUT2D eigenvalue weighted by molar-refractivity contribution is 0.105. The van der Waals surface area contributed by atoms with Crippen LogP contribution < -0.4 is 5.32 Å². The standard InChI is InChI=1S/C13H24BrNO2/c1-13(2,3)15-12(16)17-9-11-6-4-10(8-14)5-7-11/h10-11H,4-9H2,1-3H3,(H,15,16). The van der Waals surface area contributed by atoms with Crippen molar-refractivity contribution in [2.45, 2.75) is 52.0 Å². The van der Waals surface area contributed by atoms with Crippen LogP contribution >= 0.6 is 15.9 Å². The fraction of sp³-hybridized carbons (Fsp3) is 0.923. The van der Waals surface area contributed by atoms with Crippen LogP contribution in [0.15, 0.2) is 0 Å². The summed E-state index contributed by atoms with van der Waals surface area (Å²) in [5.41, 5.74) is -0.218. The minimum atomic E-state index is -0.292. The summed E-state index contributed by atoms with van der Waals surface area (Å²) < 4.78 is 5.26. The quantitative estimate of drug-likeness (QED) is 0.807. The first-order chi connectivity index (χ1) is 7.90. The third-order valence-electron chi connectivity index (χ3n) is 3.11. The zero-order valence-electron chi connectivity index (χ0n) is 11.1. The highest BCUT2D eigenvalue weighted by atomic mass is 79.9. The van der Waals surface area contributed by atoms with Gasteiger partial charge in [0.25, 0.3) is 0 Å². The number of carbonyl (C=O) groups is 1. The molecule has 17 heavy (non-hydrogen) atoms. The number of hydrogen-bond acceptors (Lipinski definition) is 2. The van der Waals surface area contributed by atoms with Crippen LogP contribution in [-0.4, -0.2) is 23.6 Å². The highest BCUT2D eigenvalue weighted by Gasteiger charge is 2.22. The minimum Gasteiger partial charge on any atom is -0.449 e. The predicted molar refractivity (Wildman–Crippen MR) is 73.5 cm³/mol. The van der Waals surface area contributed by atoms with Gasteiger partial charge in [-0.3, -0.25) is 0 Å². The maximum absolute atomic E-state index is 11.5. The molecule has 0 atom stereocenters. The summed E-state index contributed by atoms with van der Waals surface area (Å²) in [5.74, 6) is 1.37. The number of alkyl carbamates (subject to hydrolysis) is 1. The van der Waals surface area contributed by atoms with E-state index in [2.05, 4.69) is 21.2 Å². The van der Waals surface area contributed by atoms with Gasteiger partial charge in [0.1, 0.15) is 0 Å². The lowest BCUT2D eigenvalue weighted by Crippen LogP contribution is -2.41. The van der Waals surface area contributed by atoms with Crippen molar-refractivity contribution < 1.29 is 9.53 Å². The van der Waals surface area contributed by atoms with E-state index in [0.717, 1.165) is 11.2 Å². The van der Waals surface area contributed by atoms with Crippen LogP contribution in [0.25, 0.3) is 0 Å². The van der Waals surface area contributed by atoms with Crippen molar-refractivity contribution in [1.82, 2.24) is 5.32 Å². The number of halogens is 1. The Kier molecular flexibility index (Phi) is 5.77. The van der Waals surface area contributed by atoms with Crippen LogP contribution in [0.2, 0.25) is 0 Å². The predicted octanol–water partition coefficient (Wildman–Crippen LogP) is 3.71. The molecule has 1 fully saturated rings. The van der Waals surface area contributed by atoms with E-state index >= 15 is 0 Å². The van der Waals surface area contributed by atoms with Crippen molar-refractivity contribution in [3.63, 3.8) is 0 Å². The van der Waals surface area contributed by atoms with Crippen LogP contribution in [0.3, 0.4) is 0 Å². The first-order valence-electron chi connectivity index (χ1n) is 6.41. The normalized spacial score (nSPS) is 25.4. The monoisotopic (exact) mass is 305 g/mol. The summed E-state index contributed by atoms with van der Waals surface area (Å²) in [4.78, 5) is 11.5. The first-order valence-corrected chi connectivity index (χ1v) is 7.54. The molecule has 4 heteroatoms. The van der Waals surface area contributed by atoms with Gasteiger partial charge in [0.05, 0.1) is 6.61 Å². The van der Waals surface area contributed by atoms with Crippen molar-refractivity contribution in [3.05, 3.63) is 0 Å². The molecule has 100 valence electrons. The molecule has 0 aromatic rings. The van der Waals surface area contributed by atoms with Gasteiger partial charge in [-0.15, -0.1) is 0 Å². The summed E-state index contributed by atoms with van der Waals surface area (Å²) in [5, 5.41) is 3.91. The lowest BCUT2D eigenvalue weighted by Gasteiger charge is -2.27. The zero-order valence-corrected chi connectivity index (χ0v) is 12.7. The maximum atomic E-state index is 11.5. The van der Waals surface area contributed by atoms with Crippen molar-refractivity contribution in [2.75, 3.05) is 11.9 Å². The van der Waals surface area contributed by atoms with E-state index in [1.165, 1.54) is 25.7 Å². The van der Waals surface area contributed by atoms with Crippen molar-refractivity contribution in [2.24, 2.45) is 11.8 Å². The molecular weight excluding hydrogens is 282 g/mol. The molecule has 0 aromatic carbocycles. The largest absolute Gasteiger partial charge is 0.449 e. The second-order valence-electron chi connectivity index (χ2n) is 6.01. The summed E-state index contributed by atoms with van der Waals surface area (Å²) >= 11 is 3.53. The van der Waals surface area contributed by atoms with Gasteiger partial charge in [-0.25, -0.2) is 4.79 Å². The molecule has 0 radical (unpaired) electrons. The molecule has 1 amide bonds. The maximum Gasteiger partial charge on any atom is 0.407 e. The van der Waals surface area contributed by atoms with E-state index in [9.17, 15) is 4.79 Å². The summed E-state index contributed by atoms with van der Waals surface area (Å²) in [6, 6.07) is 0. The zero-order chi connectivity index (χ0) is 12.9. The van der Waals surface area contributed by atoms with E-state index in [-0.39, 0.29) is 11.6 Å². The third kappa shape index (κ3) is 6.29. The first kappa shape index (κ1) is 14.8. The van der Waals surface area contributed by atoms with Crippen LogP contribution in [0.4, 0.5) is 4.79 Å². The molecule has 0 saturated heterocycles. The Hall–Kier alpha value is -0.250. The SMILES string of the molecule is CC(C)(C)NC(=O)OCC1CCC(CBr)CC1. The van der Waals surface area contributed by atoms with Crippen LogP contribution in [-0.2, 0) is 4.74 Å². The molecular formula is C13H24BrNO2. The Balaban J connectivity index is 2.17.